The van der Waals surface area contributed by atoms with Crippen LogP contribution in [0, 0.1) is 5.92 Å². The summed E-state index contributed by atoms with van der Waals surface area (Å²) in [6.45, 7) is 6.23. The van der Waals surface area contributed by atoms with Crippen LogP contribution in [0.4, 0.5) is 0 Å². The fourth-order valence-electron chi connectivity index (χ4n) is 5.26. The molecular weight excluding hydrogens is 624 g/mol. The van der Waals surface area contributed by atoms with Crippen LogP contribution < -0.4 is 0 Å². The van der Waals surface area contributed by atoms with Crippen molar-refractivity contribution in [1.29, 1.82) is 0 Å². The zero-order valence-corrected chi connectivity index (χ0v) is 32.2. The van der Waals surface area contributed by atoms with E-state index in [-0.39, 0.29) is 31.6 Å². The molecule has 0 aliphatic rings. The second kappa shape index (κ2) is 37.6. The Balaban J connectivity index is 3.76. The van der Waals surface area contributed by atoms with E-state index in [1.165, 1.54) is 70.6 Å². The fourth-order valence-corrected chi connectivity index (χ4v) is 5.26. The molecule has 0 saturated heterocycles. The molecule has 2 N–H and O–H groups in total. The van der Waals surface area contributed by atoms with E-state index in [2.05, 4.69) is 51.2 Å². The highest BCUT2D eigenvalue weighted by molar-refractivity contribution is 5.70. The number of allylic oxidation sites excluding steroid dienone is 10. The highest BCUT2D eigenvalue weighted by atomic mass is 16.6. The number of ether oxygens (including phenoxy) is 2. The van der Waals surface area contributed by atoms with Gasteiger partial charge in [-0.25, -0.2) is 0 Å². The lowest BCUT2D eigenvalue weighted by atomic mass is 10.0. The minimum Gasteiger partial charge on any atom is -0.462 e. The van der Waals surface area contributed by atoms with Gasteiger partial charge in [0.2, 0.25) is 0 Å². The van der Waals surface area contributed by atoms with Crippen LogP contribution >= 0.6 is 0 Å². The predicted molar refractivity (Wildman–Crippen MR) is 211 cm³/mol. The molecule has 0 aliphatic carbocycles. The Bertz CT molecular complexity index is 958. The molecule has 0 radical (unpaired) electrons. The van der Waals surface area contributed by atoms with Crippen molar-refractivity contribution in [3.63, 3.8) is 0 Å². The quantitative estimate of drug-likeness (QED) is 0.0301. The van der Waals surface area contributed by atoms with E-state index in [0.29, 0.717) is 19.3 Å². The second-order valence-corrected chi connectivity index (χ2v) is 13.7. The first-order valence-electron chi connectivity index (χ1n) is 20.0. The molecule has 50 heavy (non-hydrogen) atoms. The average molecular weight is 699 g/mol. The van der Waals surface area contributed by atoms with Crippen LogP contribution in [0.3, 0.4) is 0 Å². The van der Waals surface area contributed by atoms with Gasteiger partial charge in [-0.1, -0.05) is 177 Å². The van der Waals surface area contributed by atoms with Gasteiger partial charge in [0.25, 0.3) is 0 Å². The summed E-state index contributed by atoms with van der Waals surface area (Å²) in [7, 11) is 0. The third-order valence-electron chi connectivity index (χ3n) is 8.29. The van der Waals surface area contributed by atoms with Gasteiger partial charge in [0, 0.05) is 12.8 Å². The topological polar surface area (TPSA) is 93.1 Å². The Labute approximate surface area is 306 Å². The SMILES string of the molecule is CC/C=C\C/C=C\CC(O)/C=C/C=C\C/C=C\C/C=C\CCC(=O)OC[C@H](CO)OC(=O)CCCCCCCCCCCCCCCC(C)C. The maximum Gasteiger partial charge on any atom is 0.306 e. The third-order valence-corrected chi connectivity index (χ3v) is 8.29. The van der Waals surface area contributed by atoms with Gasteiger partial charge in [0.1, 0.15) is 6.61 Å². The standard InChI is InChI=1S/C44H74O6/c1-4-5-6-7-24-29-34-41(46)35-30-25-20-16-13-14-17-21-26-31-36-43(47)49-39-42(38-45)50-44(48)37-32-27-22-18-12-10-8-9-11-15-19-23-28-33-40(2)3/h5-6,13-14,20-21,24-26,29-30,35,40-42,45-46H,4,7-12,15-19,22-23,27-28,31-34,36-39H2,1-3H3/b6-5-,14-13-,25-20-,26-21-,29-24-,35-30+/t41?,42-/m0/s1. The number of unbranched alkanes of at least 4 members (excludes halogenated alkanes) is 12. The zero-order valence-electron chi connectivity index (χ0n) is 32.2. The summed E-state index contributed by atoms with van der Waals surface area (Å²) in [5.41, 5.74) is 0. The molecule has 0 spiro atoms. The van der Waals surface area contributed by atoms with Gasteiger partial charge < -0.3 is 19.7 Å². The highest BCUT2D eigenvalue weighted by Crippen LogP contribution is 2.15. The zero-order chi connectivity index (χ0) is 36.8. The van der Waals surface area contributed by atoms with Gasteiger partial charge in [-0.05, 0) is 50.9 Å². The number of hydrogen-bond acceptors (Lipinski definition) is 6. The Morgan fingerprint density at radius 3 is 1.76 bits per heavy atom. The van der Waals surface area contributed by atoms with Gasteiger partial charge in [0.15, 0.2) is 6.10 Å². The Kier molecular flexibility index (Phi) is 35.5. The molecule has 286 valence electrons. The smallest absolute Gasteiger partial charge is 0.306 e. The van der Waals surface area contributed by atoms with Crippen LogP contribution in [-0.2, 0) is 19.1 Å². The van der Waals surface area contributed by atoms with Crippen molar-refractivity contribution in [3.05, 3.63) is 72.9 Å². The number of aliphatic hydroxyl groups excluding tert-OH is 2. The van der Waals surface area contributed by atoms with Crippen LogP contribution in [0.5, 0.6) is 0 Å². The number of carbonyl (C=O) groups is 2. The summed E-state index contributed by atoms with van der Waals surface area (Å²) in [6, 6.07) is 0. The van der Waals surface area contributed by atoms with Gasteiger partial charge in [-0.2, -0.15) is 0 Å². The molecule has 6 heteroatoms. The Hall–Kier alpha value is -2.70. The molecule has 0 aromatic carbocycles. The molecule has 0 fully saturated rings. The van der Waals surface area contributed by atoms with E-state index in [1.807, 2.05) is 36.5 Å². The Morgan fingerprint density at radius 1 is 0.620 bits per heavy atom. The van der Waals surface area contributed by atoms with Crippen molar-refractivity contribution in [2.24, 2.45) is 5.92 Å². The number of aliphatic hydroxyl groups is 2. The van der Waals surface area contributed by atoms with Crippen LogP contribution in [0.2, 0.25) is 0 Å². The van der Waals surface area contributed by atoms with Crippen molar-refractivity contribution in [3.8, 4) is 0 Å². The first-order chi connectivity index (χ1) is 24.4. The first kappa shape index (κ1) is 47.3. The molecule has 1 unspecified atom stereocenters. The Morgan fingerprint density at radius 2 is 1.16 bits per heavy atom. The van der Waals surface area contributed by atoms with Crippen LogP contribution in [0.1, 0.15) is 162 Å². The summed E-state index contributed by atoms with van der Waals surface area (Å²) in [5, 5.41) is 19.5. The normalized spacial score (nSPS) is 13.7. The molecule has 0 heterocycles. The number of rotatable bonds is 34. The average Bonchev–Trinajstić information content (AvgIpc) is 3.10. The molecule has 2 atom stereocenters. The molecule has 0 amide bonds. The molecule has 6 nitrogen and oxygen atoms in total. The van der Waals surface area contributed by atoms with Gasteiger partial charge >= 0.3 is 11.9 Å². The van der Waals surface area contributed by atoms with E-state index in [4.69, 9.17) is 9.47 Å². The van der Waals surface area contributed by atoms with E-state index >= 15 is 0 Å². The largest absolute Gasteiger partial charge is 0.462 e. The monoisotopic (exact) mass is 699 g/mol. The lowest BCUT2D eigenvalue weighted by molar-refractivity contribution is -0.161. The van der Waals surface area contributed by atoms with Crippen LogP contribution in [0.25, 0.3) is 0 Å². The third kappa shape index (κ3) is 36.6. The summed E-state index contributed by atoms with van der Waals surface area (Å²) in [6.07, 6.45) is 45.7. The maximum atomic E-state index is 12.2. The summed E-state index contributed by atoms with van der Waals surface area (Å²) >= 11 is 0. The van der Waals surface area contributed by atoms with Crippen LogP contribution in [0.15, 0.2) is 72.9 Å². The summed E-state index contributed by atoms with van der Waals surface area (Å²) in [4.78, 5) is 24.2. The van der Waals surface area contributed by atoms with Crippen molar-refractivity contribution in [1.82, 2.24) is 0 Å². The molecule has 0 aromatic heterocycles. The van der Waals surface area contributed by atoms with Gasteiger partial charge in [-0.15, -0.1) is 0 Å². The molecule has 0 aliphatic heterocycles. The minimum atomic E-state index is -0.818. The number of esters is 2. The van der Waals surface area contributed by atoms with E-state index in [1.54, 1.807) is 6.08 Å². The molecule has 0 bridgehead atoms. The van der Waals surface area contributed by atoms with E-state index in [9.17, 15) is 19.8 Å². The van der Waals surface area contributed by atoms with Crippen molar-refractivity contribution < 1.29 is 29.3 Å². The second-order valence-electron chi connectivity index (χ2n) is 13.7. The maximum absolute atomic E-state index is 12.2. The summed E-state index contributed by atoms with van der Waals surface area (Å²) in [5.74, 6) is 0.115. The van der Waals surface area contributed by atoms with Gasteiger partial charge in [-0.3, -0.25) is 9.59 Å². The molecule has 0 aromatic rings. The van der Waals surface area contributed by atoms with Crippen LogP contribution in [-0.4, -0.2) is 47.6 Å². The van der Waals surface area contributed by atoms with E-state index in [0.717, 1.165) is 50.9 Å². The molecule has 0 rings (SSSR count). The van der Waals surface area contributed by atoms with Gasteiger partial charge in [0.05, 0.1) is 12.7 Å². The summed E-state index contributed by atoms with van der Waals surface area (Å²) < 4.78 is 10.5. The predicted octanol–water partition coefficient (Wildman–Crippen LogP) is 11.4. The number of hydrogen-bond donors (Lipinski definition) is 2. The highest BCUT2D eigenvalue weighted by Gasteiger charge is 2.15. The van der Waals surface area contributed by atoms with Crippen molar-refractivity contribution in [2.45, 2.75) is 174 Å². The number of carbonyl (C=O) groups excluding carboxylic acids is 2. The van der Waals surface area contributed by atoms with E-state index < -0.39 is 12.2 Å². The first-order valence-corrected chi connectivity index (χ1v) is 20.0. The molecule has 0 saturated carbocycles. The van der Waals surface area contributed by atoms with Crippen molar-refractivity contribution >= 4 is 11.9 Å². The fraction of sp³-hybridized carbons (Fsp3) is 0.682. The lowest BCUT2D eigenvalue weighted by Gasteiger charge is -2.15. The molecular formula is C44H74O6. The van der Waals surface area contributed by atoms with Crippen molar-refractivity contribution in [2.75, 3.05) is 13.2 Å². The lowest BCUT2D eigenvalue weighted by Crippen LogP contribution is -2.28. The minimum absolute atomic E-state index is 0.124.